The topological polar surface area (TPSA) is 35.8 Å². The van der Waals surface area contributed by atoms with E-state index in [1.165, 1.54) is 24.8 Å². The summed E-state index contributed by atoms with van der Waals surface area (Å²) in [6.07, 6.45) is 5.52. The van der Waals surface area contributed by atoms with Crippen molar-refractivity contribution in [3.63, 3.8) is 0 Å². The maximum absolute atomic E-state index is 9.52. The molecular formula is C16H22N2. The van der Waals surface area contributed by atoms with Crippen molar-refractivity contribution in [1.29, 1.82) is 5.26 Å². The number of nitriles is 1. The molecule has 2 nitrogen and oxygen atoms in total. The van der Waals surface area contributed by atoms with Gasteiger partial charge in [-0.25, -0.2) is 0 Å². The van der Waals surface area contributed by atoms with Crippen molar-refractivity contribution in [3.8, 4) is 6.07 Å². The van der Waals surface area contributed by atoms with Gasteiger partial charge in [0.1, 0.15) is 5.54 Å². The monoisotopic (exact) mass is 242 g/mol. The van der Waals surface area contributed by atoms with E-state index in [1.54, 1.807) is 0 Å². The maximum atomic E-state index is 9.52. The molecule has 1 aromatic carbocycles. The molecule has 1 aromatic rings. The highest BCUT2D eigenvalue weighted by atomic mass is 15.0. The lowest BCUT2D eigenvalue weighted by atomic mass is 9.76. The molecule has 0 heterocycles. The van der Waals surface area contributed by atoms with Gasteiger partial charge in [-0.1, -0.05) is 25.5 Å². The van der Waals surface area contributed by atoms with E-state index in [0.717, 1.165) is 24.4 Å². The molecule has 2 heteroatoms. The third-order valence-electron chi connectivity index (χ3n) is 4.15. The van der Waals surface area contributed by atoms with Crippen LogP contribution in [0.15, 0.2) is 24.3 Å². The Kier molecular flexibility index (Phi) is 3.91. The lowest BCUT2D eigenvalue weighted by Crippen LogP contribution is -2.40. The van der Waals surface area contributed by atoms with Crippen LogP contribution in [0.5, 0.6) is 0 Å². The summed E-state index contributed by atoms with van der Waals surface area (Å²) in [6, 6.07) is 10.8. The molecule has 0 unspecified atom stereocenters. The van der Waals surface area contributed by atoms with Gasteiger partial charge in [0.25, 0.3) is 0 Å². The first-order chi connectivity index (χ1) is 8.67. The van der Waals surface area contributed by atoms with E-state index in [9.17, 15) is 5.26 Å². The summed E-state index contributed by atoms with van der Waals surface area (Å²) < 4.78 is 0. The molecule has 0 radical (unpaired) electrons. The molecule has 1 fully saturated rings. The van der Waals surface area contributed by atoms with Gasteiger partial charge < -0.3 is 5.32 Å². The lowest BCUT2D eigenvalue weighted by molar-refractivity contribution is 0.290. The Balaban J connectivity index is 2.08. The molecule has 1 N–H and O–H groups in total. The average molecular weight is 242 g/mol. The van der Waals surface area contributed by atoms with E-state index in [2.05, 4.69) is 43.4 Å². The first-order valence-electron chi connectivity index (χ1n) is 6.93. The van der Waals surface area contributed by atoms with Gasteiger partial charge >= 0.3 is 0 Å². The highest BCUT2D eigenvalue weighted by Crippen LogP contribution is 2.35. The quantitative estimate of drug-likeness (QED) is 0.859. The van der Waals surface area contributed by atoms with E-state index in [4.69, 9.17) is 0 Å². The Hall–Kier alpha value is -1.49. The minimum absolute atomic E-state index is 0.348. The fraction of sp³-hybridized carbons (Fsp3) is 0.562. The van der Waals surface area contributed by atoms with E-state index < -0.39 is 0 Å². The molecule has 0 aromatic heterocycles. The number of hydrogen-bond donors (Lipinski definition) is 1. The Bertz CT molecular complexity index is 437. The fourth-order valence-corrected chi connectivity index (χ4v) is 2.84. The molecule has 1 aliphatic rings. The van der Waals surface area contributed by atoms with Crippen LogP contribution in [0.3, 0.4) is 0 Å². The van der Waals surface area contributed by atoms with E-state index in [1.807, 2.05) is 6.07 Å². The van der Waals surface area contributed by atoms with Crippen LogP contribution in [-0.4, -0.2) is 5.54 Å². The lowest BCUT2D eigenvalue weighted by Gasteiger charge is -2.36. The Labute approximate surface area is 110 Å². The van der Waals surface area contributed by atoms with Crippen LogP contribution >= 0.6 is 0 Å². The van der Waals surface area contributed by atoms with Crippen LogP contribution in [0.25, 0.3) is 0 Å². The van der Waals surface area contributed by atoms with Gasteiger partial charge in [0.15, 0.2) is 0 Å². The van der Waals surface area contributed by atoms with Crippen LogP contribution in [0.4, 0.5) is 5.69 Å². The van der Waals surface area contributed by atoms with Gasteiger partial charge in [-0.05, 0) is 56.2 Å². The van der Waals surface area contributed by atoms with Crippen LogP contribution < -0.4 is 5.32 Å². The van der Waals surface area contributed by atoms with Crippen molar-refractivity contribution >= 4 is 5.69 Å². The van der Waals surface area contributed by atoms with E-state index in [-0.39, 0.29) is 5.54 Å². The van der Waals surface area contributed by atoms with Gasteiger partial charge in [0.05, 0.1) is 6.07 Å². The highest BCUT2D eigenvalue weighted by Gasteiger charge is 2.34. The molecule has 0 saturated heterocycles. The minimum atomic E-state index is -0.348. The Morgan fingerprint density at radius 3 is 2.67 bits per heavy atom. The molecule has 0 atom stereocenters. The summed E-state index contributed by atoms with van der Waals surface area (Å²) in [5, 5.41) is 13.0. The Morgan fingerprint density at radius 1 is 1.39 bits per heavy atom. The third-order valence-corrected chi connectivity index (χ3v) is 4.15. The first-order valence-corrected chi connectivity index (χ1v) is 6.93. The van der Waals surface area contributed by atoms with Crippen LogP contribution in [0.2, 0.25) is 0 Å². The van der Waals surface area contributed by atoms with Gasteiger partial charge in [-0.2, -0.15) is 5.26 Å². The summed E-state index contributed by atoms with van der Waals surface area (Å²) in [5.74, 6) is 0.811. The molecule has 0 amide bonds. The van der Waals surface area contributed by atoms with Gasteiger partial charge in [-0.3, -0.25) is 0 Å². The molecule has 0 spiro atoms. The van der Waals surface area contributed by atoms with Gasteiger partial charge in [0, 0.05) is 5.69 Å². The number of aryl methyl sites for hydroxylation is 1. The van der Waals surface area contributed by atoms with Crippen LogP contribution in [0, 0.1) is 24.2 Å². The molecule has 2 rings (SSSR count). The number of rotatable bonds is 3. The second-order valence-corrected chi connectivity index (χ2v) is 5.54. The molecule has 0 aliphatic heterocycles. The summed E-state index contributed by atoms with van der Waals surface area (Å²) in [7, 11) is 0. The predicted octanol–water partition coefficient (Wildman–Crippen LogP) is 4.27. The third kappa shape index (κ3) is 2.85. The molecule has 0 bridgehead atoms. The minimum Gasteiger partial charge on any atom is -0.367 e. The largest absolute Gasteiger partial charge is 0.367 e. The van der Waals surface area contributed by atoms with Crippen molar-refractivity contribution in [2.75, 3.05) is 5.32 Å². The van der Waals surface area contributed by atoms with Crippen molar-refractivity contribution < 1.29 is 0 Å². The molecular weight excluding hydrogens is 220 g/mol. The summed E-state index contributed by atoms with van der Waals surface area (Å²) in [5.41, 5.74) is 1.96. The summed E-state index contributed by atoms with van der Waals surface area (Å²) >= 11 is 0. The maximum Gasteiger partial charge on any atom is 0.125 e. The Morgan fingerprint density at radius 2 is 2.11 bits per heavy atom. The average Bonchev–Trinajstić information content (AvgIpc) is 2.39. The van der Waals surface area contributed by atoms with Crippen LogP contribution in [-0.2, 0) is 0 Å². The van der Waals surface area contributed by atoms with Crippen molar-refractivity contribution in [2.24, 2.45) is 5.92 Å². The zero-order valence-electron chi connectivity index (χ0n) is 11.4. The fourth-order valence-electron chi connectivity index (χ4n) is 2.84. The smallest absolute Gasteiger partial charge is 0.125 e. The molecule has 96 valence electrons. The zero-order valence-corrected chi connectivity index (χ0v) is 11.4. The second-order valence-electron chi connectivity index (χ2n) is 5.54. The number of nitrogens with zero attached hydrogens (tertiary/aromatic N) is 1. The second kappa shape index (κ2) is 5.44. The molecule has 1 saturated carbocycles. The van der Waals surface area contributed by atoms with Gasteiger partial charge in [0.2, 0.25) is 0 Å². The number of hydrogen-bond acceptors (Lipinski definition) is 2. The summed E-state index contributed by atoms with van der Waals surface area (Å²) in [6.45, 7) is 4.33. The summed E-state index contributed by atoms with van der Waals surface area (Å²) in [4.78, 5) is 0. The molecule has 18 heavy (non-hydrogen) atoms. The van der Waals surface area contributed by atoms with Crippen molar-refractivity contribution in [3.05, 3.63) is 29.8 Å². The van der Waals surface area contributed by atoms with Crippen molar-refractivity contribution in [2.45, 2.75) is 51.5 Å². The van der Waals surface area contributed by atoms with E-state index >= 15 is 0 Å². The number of anilines is 1. The SMILES string of the molecule is CCC1CCC(C#N)(Nc2cccc(C)c2)CC1. The predicted molar refractivity (Wildman–Crippen MR) is 75.4 cm³/mol. The van der Waals surface area contributed by atoms with Gasteiger partial charge in [-0.15, -0.1) is 0 Å². The normalized spacial score (nSPS) is 27.5. The van der Waals surface area contributed by atoms with Crippen molar-refractivity contribution in [1.82, 2.24) is 0 Å². The number of nitrogens with one attached hydrogen (secondary N) is 1. The first kappa shape index (κ1) is 13.0. The van der Waals surface area contributed by atoms with Crippen LogP contribution in [0.1, 0.15) is 44.6 Å². The van der Waals surface area contributed by atoms with E-state index in [0.29, 0.717) is 0 Å². The zero-order chi connectivity index (χ0) is 13.0. The number of benzene rings is 1. The molecule has 1 aliphatic carbocycles. The highest BCUT2D eigenvalue weighted by molar-refractivity contribution is 5.49. The standard InChI is InChI=1S/C16H22N2/c1-3-14-7-9-16(12-17,10-8-14)18-15-6-4-5-13(2)11-15/h4-6,11,14,18H,3,7-10H2,1-2H3.